The Labute approximate surface area is 184 Å². The van der Waals surface area contributed by atoms with Gasteiger partial charge in [0.1, 0.15) is 11.9 Å². The van der Waals surface area contributed by atoms with Gasteiger partial charge in [0.25, 0.3) is 0 Å². The van der Waals surface area contributed by atoms with Gasteiger partial charge >= 0.3 is 6.03 Å². The smallest absolute Gasteiger partial charge is 0.327 e. The zero-order valence-corrected chi connectivity index (χ0v) is 17.3. The first-order valence-electron chi connectivity index (χ1n) is 10.4. The summed E-state index contributed by atoms with van der Waals surface area (Å²) < 4.78 is 13.6. The van der Waals surface area contributed by atoms with Crippen LogP contribution in [-0.2, 0) is 0 Å². The number of carbonyl (C=O) groups excluding carboxylic acids is 1. The van der Waals surface area contributed by atoms with Crippen LogP contribution in [0.25, 0.3) is 11.3 Å². The highest BCUT2D eigenvalue weighted by molar-refractivity contribution is 6.03. The molecule has 0 radical (unpaired) electrons. The Morgan fingerprint density at radius 1 is 1.12 bits per heavy atom. The van der Waals surface area contributed by atoms with Gasteiger partial charge in [0.2, 0.25) is 0 Å². The SMILES string of the molecule is N#Cc1cncc(-c2ccc(N)c(N(C(=O)Nc3cncc(F)c3)C3CCCCC3)n2)c1. The fourth-order valence-corrected chi connectivity index (χ4v) is 3.89. The zero-order valence-electron chi connectivity index (χ0n) is 17.3. The van der Waals surface area contributed by atoms with Crippen LogP contribution < -0.4 is 16.0 Å². The molecule has 8 nitrogen and oxygen atoms in total. The lowest BCUT2D eigenvalue weighted by atomic mass is 9.94. The first-order valence-corrected chi connectivity index (χ1v) is 10.4. The third-order valence-corrected chi connectivity index (χ3v) is 5.41. The number of nitrogens with one attached hydrogen (secondary N) is 1. The molecule has 0 spiro atoms. The summed E-state index contributed by atoms with van der Waals surface area (Å²) in [7, 11) is 0. The molecular formula is C23H22FN7O. The summed E-state index contributed by atoms with van der Waals surface area (Å²) in [5.41, 5.74) is 8.44. The minimum absolute atomic E-state index is 0.0983. The minimum atomic E-state index is -0.545. The summed E-state index contributed by atoms with van der Waals surface area (Å²) in [5.74, 6) is -0.227. The maximum Gasteiger partial charge on any atom is 0.327 e. The number of hydrogen-bond donors (Lipinski definition) is 2. The Bertz CT molecular complexity index is 1170. The molecule has 0 atom stereocenters. The fraction of sp³-hybridized carbons (Fsp3) is 0.261. The molecule has 1 saturated carbocycles. The molecule has 1 aliphatic carbocycles. The second-order valence-corrected chi connectivity index (χ2v) is 7.67. The van der Waals surface area contributed by atoms with Gasteiger partial charge in [-0.25, -0.2) is 14.2 Å². The van der Waals surface area contributed by atoms with Gasteiger partial charge in [0.05, 0.1) is 35.0 Å². The fourth-order valence-electron chi connectivity index (χ4n) is 3.89. The van der Waals surface area contributed by atoms with Crippen molar-refractivity contribution in [1.29, 1.82) is 5.26 Å². The molecule has 1 fully saturated rings. The number of nitrogens with zero attached hydrogens (tertiary/aromatic N) is 5. The molecule has 0 saturated heterocycles. The van der Waals surface area contributed by atoms with E-state index in [0.29, 0.717) is 28.3 Å². The van der Waals surface area contributed by atoms with Crippen molar-refractivity contribution in [3.63, 3.8) is 0 Å². The van der Waals surface area contributed by atoms with Gasteiger partial charge in [-0.05, 0) is 31.0 Å². The topological polar surface area (TPSA) is 121 Å². The van der Waals surface area contributed by atoms with E-state index in [1.165, 1.54) is 18.5 Å². The van der Waals surface area contributed by atoms with Crippen molar-refractivity contribution in [3.8, 4) is 17.3 Å². The van der Waals surface area contributed by atoms with Crippen LogP contribution in [0.1, 0.15) is 37.7 Å². The lowest BCUT2D eigenvalue weighted by Gasteiger charge is -2.34. The highest BCUT2D eigenvalue weighted by Crippen LogP contribution is 2.32. The van der Waals surface area contributed by atoms with E-state index in [2.05, 4.69) is 26.3 Å². The summed E-state index contributed by atoms with van der Waals surface area (Å²) >= 11 is 0. The quantitative estimate of drug-likeness (QED) is 0.627. The molecule has 0 aliphatic heterocycles. The van der Waals surface area contributed by atoms with Crippen LogP contribution in [-0.4, -0.2) is 27.0 Å². The molecule has 4 rings (SSSR count). The zero-order chi connectivity index (χ0) is 22.5. The molecule has 0 bridgehead atoms. The van der Waals surface area contributed by atoms with Crippen molar-refractivity contribution in [2.45, 2.75) is 38.1 Å². The standard InChI is InChI=1S/C23H22FN7O/c24-17-9-18(14-28-13-17)29-23(32)31(19-4-2-1-3-5-19)22-20(26)6-7-21(30-22)16-8-15(10-25)11-27-12-16/h6-9,11-14,19H,1-5,26H2,(H,29,32). The number of pyridine rings is 3. The Hall–Kier alpha value is -4.06. The Morgan fingerprint density at radius 3 is 2.66 bits per heavy atom. The Balaban J connectivity index is 1.73. The monoisotopic (exact) mass is 431 g/mol. The lowest BCUT2D eigenvalue weighted by Crippen LogP contribution is -2.45. The van der Waals surface area contributed by atoms with Crippen LogP contribution in [0.3, 0.4) is 0 Å². The molecule has 0 unspecified atom stereocenters. The Morgan fingerprint density at radius 2 is 1.91 bits per heavy atom. The maximum atomic E-state index is 13.6. The summed E-state index contributed by atoms with van der Waals surface area (Å²) in [6, 6.07) is 7.80. The van der Waals surface area contributed by atoms with Crippen molar-refractivity contribution < 1.29 is 9.18 Å². The van der Waals surface area contributed by atoms with E-state index >= 15 is 0 Å². The molecule has 0 aromatic carbocycles. The number of hydrogen-bond acceptors (Lipinski definition) is 6. The van der Waals surface area contributed by atoms with Gasteiger partial charge in [-0.15, -0.1) is 0 Å². The van der Waals surface area contributed by atoms with E-state index in [0.717, 1.165) is 38.3 Å². The summed E-state index contributed by atoms with van der Waals surface area (Å²) in [6.07, 6.45) is 10.2. The highest BCUT2D eigenvalue weighted by Gasteiger charge is 2.30. The van der Waals surface area contributed by atoms with Crippen LogP contribution in [0.15, 0.2) is 49.1 Å². The van der Waals surface area contributed by atoms with Crippen LogP contribution in [0.4, 0.5) is 26.4 Å². The van der Waals surface area contributed by atoms with E-state index in [1.54, 1.807) is 29.3 Å². The number of aromatic nitrogens is 3. The van der Waals surface area contributed by atoms with Crippen LogP contribution in [0, 0.1) is 17.1 Å². The van der Waals surface area contributed by atoms with Crippen LogP contribution in [0.5, 0.6) is 0 Å². The van der Waals surface area contributed by atoms with Crippen LogP contribution in [0.2, 0.25) is 0 Å². The van der Waals surface area contributed by atoms with E-state index in [9.17, 15) is 14.4 Å². The van der Waals surface area contributed by atoms with Gasteiger partial charge < -0.3 is 11.1 Å². The van der Waals surface area contributed by atoms with Gasteiger partial charge in [-0.2, -0.15) is 5.26 Å². The molecule has 3 N–H and O–H groups in total. The predicted molar refractivity (Wildman–Crippen MR) is 119 cm³/mol. The number of anilines is 3. The largest absolute Gasteiger partial charge is 0.396 e. The number of carbonyl (C=O) groups is 1. The minimum Gasteiger partial charge on any atom is -0.396 e. The maximum absolute atomic E-state index is 13.6. The summed E-state index contributed by atoms with van der Waals surface area (Å²) in [4.78, 5) is 27.4. The second kappa shape index (κ2) is 9.39. The number of nitrogens with two attached hydrogens (primary N) is 1. The van der Waals surface area contributed by atoms with E-state index in [4.69, 9.17) is 5.73 Å². The first-order chi connectivity index (χ1) is 15.5. The summed E-state index contributed by atoms with van der Waals surface area (Å²) in [6.45, 7) is 0. The van der Waals surface area contributed by atoms with E-state index in [-0.39, 0.29) is 11.7 Å². The number of nitrogen functional groups attached to an aromatic ring is 1. The molecule has 1 aliphatic rings. The third kappa shape index (κ3) is 4.64. The Kier molecular flexibility index (Phi) is 6.22. The van der Waals surface area contributed by atoms with Crippen LogP contribution >= 0.6 is 0 Å². The van der Waals surface area contributed by atoms with Gasteiger partial charge in [0.15, 0.2) is 5.82 Å². The van der Waals surface area contributed by atoms with Crippen molar-refractivity contribution >= 4 is 23.2 Å². The normalized spacial score (nSPS) is 13.9. The van der Waals surface area contributed by atoms with Crippen molar-refractivity contribution in [1.82, 2.24) is 15.0 Å². The molecule has 32 heavy (non-hydrogen) atoms. The average Bonchev–Trinajstić information content (AvgIpc) is 2.81. The van der Waals surface area contributed by atoms with Crippen molar-refractivity contribution in [3.05, 3.63) is 60.4 Å². The molecule has 2 amide bonds. The summed E-state index contributed by atoms with van der Waals surface area (Å²) in [5, 5.41) is 11.9. The number of amides is 2. The molecule has 162 valence electrons. The molecular weight excluding hydrogens is 409 g/mol. The number of rotatable bonds is 4. The molecule has 9 heteroatoms. The van der Waals surface area contributed by atoms with Gasteiger partial charge in [0, 0.05) is 30.1 Å². The van der Waals surface area contributed by atoms with Crippen molar-refractivity contribution in [2.75, 3.05) is 16.0 Å². The van der Waals surface area contributed by atoms with E-state index in [1.807, 2.05) is 0 Å². The number of nitriles is 1. The molecule has 3 aromatic rings. The molecule has 3 aromatic heterocycles. The third-order valence-electron chi connectivity index (χ3n) is 5.41. The number of halogens is 1. The van der Waals surface area contributed by atoms with E-state index < -0.39 is 11.8 Å². The van der Waals surface area contributed by atoms with Gasteiger partial charge in [-0.1, -0.05) is 19.3 Å². The van der Waals surface area contributed by atoms with Gasteiger partial charge in [-0.3, -0.25) is 14.9 Å². The van der Waals surface area contributed by atoms with Crippen molar-refractivity contribution in [2.24, 2.45) is 0 Å². The highest BCUT2D eigenvalue weighted by atomic mass is 19.1. The first kappa shape index (κ1) is 21.2. The second-order valence-electron chi connectivity index (χ2n) is 7.67. The molecule has 3 heterocycles. The lowest BCUT2D eigenvalue weighted by molar-refractivity contribution is 0.252. The predicted octanol–water partition coefficient (Wildman–Crippen LogP) is 4.50. The number of urea groups is 1. The average molecular weight is 431 g/mol.